The smallest absolute Gasteiger partial charge is 0.164 e. The molecule has 0 fully saturated rings. The Labute approximate surface area is 103 Å². The van der Waals surface area contributed by atoms with Crippen LogP contribution in [0.25, 0.3) is 16.9 Å². The molecule has 0 bridgehead atoms. The molecule has 17 heavy (non-hydrogen) atoms. The van der Waals surface area contributed by atoms with E-state index < -0.39 is 0 Å². The monoisotopic (exact) mass is 242 g/mol. The zero-order chi connectivity index (χ0) is 11.7. The van der Waals surface area contributed by atoms with Crippen molar-refractivity contribution in [2.24, 2.45) is 0 Å². The normalized spacial score (nSPS) is 10.6. The van der Waals surface area contributed by atoms with Crippen molar-refractivity contribution < 1.29 is 0 Å². The van der Waals surface area contributed by atoms with E-state index in [0.29, 0.717) is 0 Å². The van der Waals surface area contributed by atoms with E-state index in [1.165, 1.54) is 0 Å². The highest BCUT2D eigenvalue weighted by atomic mass is 32.1. The number of pyridine rings is 1. The van der Waals surface area contributed by atoms with E-state index in [2.05, 4.69) is 15.1 Å². The third-order valence-corrected chi connectivity index (χ3v) is 3.18. The summed E-state index contributed by atoms with van der Waals surface area (Å²) in [6, 6.07) is 3.93. The summed E-state index contributed by atoms with van der Waals surface area (Å²) in [6.07, 6.45) is 7.38. The summed E-state index contributed by atoms with van der Waals surface area (Å²) in [5.41, 5.74) is 2.11. The van der Waals surface area contributed by atoms with Gasteiger partial charge in [0, 0.05) is 35.1 Å². The minimum atomic E-state index is 0.864. The van der Waals surface area contributed by atoms with Crippen molar-refractivity contribution in [2.45, 2.75) is 6.92 Å². The molecule has 4 nitrogen and oxygen atoms in total. The molecule has 0 spiro atoms. The van der Waals surface area contributed by atoms with Gasteiger partial charge in [-0.15, -0.1) is 11.3 Å². The topological polar surface area (TPSA) is 43.6 Å². The van der Waals surface area contributed by atoms with Crippen LogP contribution in [0.2, 0.25) is 0 Å². The van der Waals surface area contributed by atoms with E-state index in [-0.39, 0.29) is 0 Å². The first-order valence-corrected chi connectivity index (χ1v) is 6.08. The second-order valence-electron chi connectivity index (χ2n) is 3.64. The average Bonchev–Trinajstić information content (AvgIpc) is 2.98. The summed E-state index contributed by atoms with van der Waals surface area (Å²) in [6.45, 7) is 1.99. The van der Waals surface area contributed by atoms with Gasteiger partial charge in [0.25, 0.3) is 0 Å². The highest BCUT2D eigenvalue weighted by Gasteiger charge is 2.05. The minimum Gasteiger partial charge on any atom is -0.264 e. The number of aromatic nitrogens is 4. The van der Waals surface area contributed by atoms with Crippen LogP contribution < -0.4 is 0 Å². The van der Waals surface area contributed by atoms with Crippen LogP contribution >= 0.6 is 11.3 Å². The highest BCUT2D eigenvalue weighted by molar-refractivity contribution is 7.09. The van der Waals surface area contributed by atoms with Gasteiger partial charge in [-0.2, -0.15) is 5.10 Å². The molecule has 0 saturated carbocycles. The molecular formula is C12H10N4S. The largest absolute Gasteiger partial charge is 0.264 e. The fourth-order valence-corrected chi connectivity index (χ4v) is 2.17. The number of hydrogen-bond acceptors (Lipinski definition) is 4. The van der Waals surface area contributed by atoms with Crippen molar-refractivity contribution in [1.82, 2.24) is 19.7 Å². The fraction of sp³-hybridized carbons (Fsp3) is 0.0833. The van der Waals surface area contributed by atoms with Gasteiger partial charge in [0.05, 0.1) is 11.2 Å². The summed E-state index contributed by atoms with van der Waals surface area (Å²) in [5.74, 6) is 0.864. The number of hydrogen-bond donors (Lipinski definition) is 0. The predicted molar refractivity (Wildman–Crippen MR) is 67.2 cm³/mol. The number of aryl methyl sites for hydroxylation is 1. The molecule has 0 saturated heterocycles. The molecule has 3 aromatic rings. The maximum absolute atomic E-state index is 4.39. The molecule has 0 aliphatic rings. The fourth-order valence-electron chi connectivity index (χ4n) is 1.59. The Morgan fingerprint density at radius 2 is 2.18 bits per heavy atom. The van der Waals surface area contributed by atoms with Crippen LogP contribution in [-0.2, 0) is 0 Å². The Hall–Kier alpha value is -2.01. The minimum absolute atomic E-state index is 0.864. The molecule has 0 amide bonds. The molecule has 84 valence electrons. The Bertz CT molecular complexity index is 627. The number of thiazole rings is 1. The predicted octanol–water partition coefficient (Wildman–Crippen LogP) is 2.70. The molecule has 3 aromatic heterocycles. The number of nitrogens with zero attached hydrogens (tertiary/aromatic N) is 4. The lowest BCUT2D eigenvalue weighted by Crippen LogP contribution is -1.93. The number of rotatable bonds is 2. The van der Waals surface area contributed by atoms with Crippen molar-refractivity contribution in [3.8, 4) is 16.9 Å². The second-order valence-corrected chi connectivity index (χ2v) is 4.70. The van der Waals surface area contributed by atoms with Crippen molar-refractivity contribution in [1.29, 1.82) is 0 Å². The van der Waals surface area contributed by atoms with Gasteiger partial charge in [0.15, 0.2) is 5.82 Å². The summed E-state index contributed by atoms with van der Waals surface area (Å²) in [4.78, 5) is 8.49. The molecule has 0 unspecified atom stereocenters. The zero-order valence-electron chi connectivity index (χ0n) is 9.24. The maximum atomic E-state index is 4.39. The molecule has 5 heteroatoms. The molecule has 0 atom stereocenters. The Morgan fingerprint density at radius 1 is 1.24 bits per heavy atom. The standard InChI is InChI=1S/C12H10N4S/c1-9-15-12(8-17-9)16-7-11(6-14-16)10-3-2-4-13-5-10/h2-8H,1H3. The summed E-state index contributed by atoms with van der Waals surface area (Å²) < 4.78 is 1.78. The SMILES string of the molecule is Cc1nc(-n2cc(-c3cccnc3)cn2)cs1. The Kier molecular flexibility index (Phi) is 2.45. The van der Waals surface area contributed by atoms with E-state index >= 15 is 0 Å². The van der Waals surface area contributed by atoms with Crippen molar-refractivity contribution in [2.75, 3.05) is 0 Å². The molecule has 0 aliphatic carbocycles. The first kappa shape index (κ1) is 10.2. The van der Waals surface area contributed by atoms with Gasteiger partial charge in [0.1, 0.15) is 0 Å². The van der Waals surface area contributed by atoms with Crippen LogP contribution in [0.1, 0.15) is 5.01 Å². The lowest BCUT2D eigenvalue weighted by molar-refractivity contribution is 0.851. The van der Waals surface area contributed by atoms with Crippen LogP contribution in [0, 0.1) is 6.92 Å². The van der Waals surface area contributed by atoms with E-state index in [4.69, 9.17) is 0 Å². The molecular weight excluding hydrogens is 232 g/mol. The molecule has 3 heterocycles. The molecule has 0 N–H and O–H groups in total. The lowest BCUT2D eigenvalue weighted by Gasteiger charge is -1.94. The Balaban J connectivity index is 1.99. The molecule has 0 aliphatic heterocycles. The van der Waals surface area contributed by atoms with Gasteiger partial charge in [-0.05, 0) is 13.0 Å². The first-order chi connectivity index (χ1) is 8.33. The van der Waals surface area contributed by atoms with E-state index in [9.17, 15) is 0 Å². The molecule has 3 rings (SSSR count). The first-order valence-electron chi connectivity index (χ1n) is 5.20. The summed E-state index contributed by atoms with van der Waals surface area (Å²) in [5, 5.41) is 7.34. The molecule has 0 aromatic carbocycles. The van der Waals surface area contributed by atoms with Crippen molar-refractivity contribution in [3.63, 3.8) is 0 Å². The van der Waals surface area contributed by atoms with E-state index in [1.54, 1.807) is 22.2 Å². The van der Waals surface area contributed by atoms with E-state index in [1.807, 2.05) is 43.0 Å². The summed E-state index contributed by atoms with van der Waals surface area (Å²) >= 11 is 1.62. The van der Waals surface area contributed by atoms with Crippen molar-refractivity contribution >= 4 is 11.3 Å². The van der Waals surface area contributed by atoms with Crippen LogP contribution in [0.4, 0.5) is 0 Å². The lowest BCUT2D eigenvalue weighted by atomic mass is 10.2. The summed E-state index contributed by atoms with van der Waals surface area (Å²) in [7, 11) is 0. The Morgan fingerprint density at radius 3 is 2.88 bits per heavy atom. The van der Waals surface area contributed by atoms with Gasteiger partial charge in [-0.1, -0.05) is 6.07 Å². The van der Waals surface area contributed by atoms with Crippen LogP contribution in [0.3, 0.4) is 0 Å². The van der Waals surface area contributed by atoms with Gasteiger partial charge in [0.2, 0.25) is 0 Å². The van der Waals surface area contributed by atoms with Gasteiger partial charge >= 0.3 is 0 Å². The van der Waals surface area contributed by atoms with Gasteiger partial charge < -0.3 is 0 Å². The maximum Gasteiger partial charge on any atom is 0.164 e. The van der Waals surface area contributed by atoms with Crippen LogP contribution in [0.15, 0.2) is 42.3 Å². The van der Waals surface area contributed by atoms with Gasteiger partial charge in [-0.25, -0.2) is 9.67 Å². The van der Waals surface area contributed by atoms with E-state index in [0.717, 1.165) is 22.0 Å². The highest BCUT2D eigenvalue weighted by Crippen LogP contribution is 2.19. The third-order valence-electron chi connectivity index (χ3n) is 2.42. The quantitative estimate of drug-likeness (QED) is 0.694. The van der Waals surface area contributed by atoms with Crippen LogP contribution in [0.5, 0.6) is 0 Å². The third kappa shape index (κ3) is 1.97. The average molecular weight is 242 g/mol. The van der Waals surface area contributed by atoms with Crippen LogP contribution in [-0.4, -0.2) is 19.7 Å². The van der Waals surface area contributed by atoms with Gasteiger partial charge in [-0.3, -0.25) is 4.98 Å². The van der Waals surface area contributed by atoms with Crippen molar-refractivity contribution in [3.05, 3.63) is 47.3 Å². The molecule has 0 radical (unpaired) electrons. The second kappa shape index (κ2) is 4.10. The zero-order valence-corrected chi connectivity index (χ0v) is 10.1.